The zero-order valence-corrected chi connectivity index (χ0v) is 13.8. The SMILES string of the molecule is CCNCc1ccc(S(=O)(=O)NN2CCCCC2)cc1Cl. The lowest BCUT2D eigenvalue weighted by Crippen LogP contribution is -2.44. The summed E-state index contributed by atoms with van der Waals surface area (Å²) in [6, 6.07) is 4.88. The van der Waals surface area contributed by atoms with Crippen molar-refractivity contribution in [3.05, 3.63) is 28.8 Å². The fraction of sp³-hybridized carbons (Fsp3) is 0.571. The fourth-order valence-electron chi connectivity index (χ4n) is 2.31. The Morgan fingerprint density at radius 2 is 1.95 bits per heavy atom. The van der Waals surface area contributed by atoms with Gasteiger partial charge in [0, 0.05) is 24.7 Å². The average molecular weight is 332 g/mol. The average Bonchev–Trinajstić information content (AvgIpc) is 2.46. The van der Waals surface area contributed by atoms with E-state index in [-0.39, 0.29) is 4.90 Å². The van der Waals surface area contributed by atoms with Gasteiger partial charge in [-0.2, -0.15) is 0 Å². The molecule has 0 spiro atoms. The molecule has 0 radical (unpaired) electrons. The summed E-state index contributed by atoms with van der Waals surface area (Å²) in [6.45, 7) is 4.99. The van der Waals surface area contributed by atoms with Crippen LogP contribution in [0.1, 0.15) is 31.7 Å². The van der Waals surface area contributed by atoms with Crippen LogP contribution in [0.4, 0.5) is 0 Å². The second-order valence-electron chi connectivity index (χ2n) is 5.18. The first-order valence-corrected chi connectivity index (χ1v) is 9.15. The van der Waals surface area contributed by atoms with Crippen LogP contribution in [0.5, 0.6) is 0 Å². The van der Waals surface area contributed by atoms with Crippen molar-refractivity contribution in [1.82, 2.24) is 15.2 Å². The lowest BCUT2D eigenvalue weighted by atomic mass is 10.2. The van der Waals surface area contributed by atoms with Gasteiger partial charge in [0.05, 0.1) is 4.90 Å². The number of hydrogen-bond donors (Lipinski definition) is 2. The summed E-state index contributed by atoms with van der Waals surface area (Å²) in [6.07, 6.45) is 3.19. The lowest BCUT2D eigenvalue weighted by Gasteiger charge is -2.26. The Bertz CT molecular complexity index is 572. The van der Waals surface area contributed by atoms with Crippen molar-refractivity contribution in [2.45, 2.75) is 37.6 Å². The van der Waals surface area contributed by atoms with Gasteiger partial charge in [0.2, 0.25) is 0 Å². The van der Waals surface area contributed by atoms with Crippen LogP contribution >= 0.6 is 11.6 Å². The molecule has 0 aromatic heterocycles. The minimum atomic E-state index is -3.55. The van der Waals surface area contributed by atoms with Gasteiger partial charge >= 0.3 is 0 Å². The van der Waals surface area contributed by atoms with Crippen molar-refractivity contribution in [3.8, 4) is 0 Å². The first kappa shape index (κ1) is 16.7. The van der Waals surface area contributed by atoms with Crippen LogP contribution in [-0.4, -0.2) is 33.1 Å². The van der Waals surface area contributed by atoms with Crippen LogP contribution in [-0.2, 0) is 16.6 Å². The van der Waals surface area contributed by atoms with E-state index in [0.29, 0.717) is 11.6 Å². The van der Waals surface area contributed by atoms with Crippen molar-refractivity contribution >= 4 is 21.6 Å². The lowest BCUT2D eigenvalue weighted by molar-refractivity contribution is 0.200. The maximum absolute atomic E-state index is 12.4. The molecule has 7 heteroatoms. The smallest absolute Gasteiger partial charge is 0.253 e. The summed E-state index contributed by atoms with van der Waals surface area (Å²) < 4.78 is 24.7. The Labute approximate surface area is 131 Å². The van der Waals surface area contributed by atoms with Crippen molar-refractivity contribution in [2.24, 2.45) is 0 Å². The summed E-state index contributed by atoms with van der Waals surface area (Å²) in [7, 11) is -3.55. The zero-order valence-electron chi connectivity index (χ0n) is 12.2. The quantitative estimate of drug-likeness (QED) is 0.838. The monoisotopic (exact) mass is 331 g/mol. The summed E-state index contributed by atoms with van der Waals surface area (Å²) in [4.78, 5) is 2.84. The van der Waals surface area contributed by atoms with Crippen molar-refractivity contribution in [3.63, 3.8) is 0 Å². The van der Waals surface area contributed by atoms with E-state index < -0.39 is 10.0 Å². The number of rotatable bonds is 6. The molecule has 0 atom stereocenters. The van der Waals surface area contributed by atoms with Gasteiger partial charge in [-0.3, -0.25) is 0 Å². The largest absolute Gasteiger partial charge is 0.313 e. The molecule has 1 aliphatic rings. The van der Waals surface area contributed by atoms with Crippen molar-refractivity contribution < 1.29 is 8.42 Å². The third-order valence-electron chi connectivity index (χ3n) is 3.51. The Balaban J connectivity index is 2.10. The molecule has 0 aliphatic carbocycles. The molecule has 1 saturated heterocycles. The normalized spacial score (nSPS) is 17.0. The molecule has 1 aliphatic heterocycles. The van der Waals surface area contributed by atoms with Crippen LogP contribution in [0.2, 0.25) is 5.02 Å². The van der Waals surface area contributed by atoms with E-state index in [1.807, 2.05) is 6.92 Å². The van der Waals surface area contributed by atoms with Gasteiger partial charge in [0.25, 0.3) is 10.0 Å². The Hall–Kier alpha value is -0.660. The van der Waals surface area contributed by atoms with Crippen LogP contribution < -0.4 is 10.1 Å². The van der Waals surface area contributed by atoms with Crippen molar-refractivity contribution in [1.29, 1.82) is 0 Å². The number of hydrogen-bond acceptors (Lipinski definition) is 4. The minimum Gasteiger partial charge on any atom is -0.313 e. The third kappa shape index (κ3) is 4.66. The Kier molecular flexibility index (Phi) is 6.01. The number of nitrogens with zero attached hydrogens (tertiary/aromatic N) is 1. The van der Waals surface area contributed by atoms with E-state index in [1.165, 1.54) is 6.07 Å². The van der Waals surface area contributed by atoms with Crippen LogP contribution in [0, 0.1) is 0 Å². The molecule has 1 aromatic rings. The molecule has 0 saturated carbocycles. The molecular formula is C14H22ClN3O2S. The molecule has 1 aromatic carbocycles. The minimum absolute atomic E-state index is 0.207. The number of piperidine rings is 1. The first-order chi connectivity index (χ1) is 10.0. The Morgan fingerprint density at radius 1 is 1.24 bits per heavy atom. The molecule has 1 heterocycles. The van der Waals surface area contributed by atoms with Gasteiger partial charge in [-0.15, -0.1) is 4.83 Å². The third-order valence-corrected chi connectivity index (χ3v) is 5.23. The molecule has 0 bridgehead atoms. The van der Waals surface area contributed by atoms with Gasteiger partial charge in [-0.1, -0.05) is 31.0 Å². The standard InChI is InChI=1S/C14H22ClN3O2S/c1-2-16-11-12-6-7-13(10-14(12)15)21(19,20)17-18-8-4-3-5-9-18/h6-7,10,16-17H,2-5,8-9,11H2,1H3. The van der Waals surface area contributed by atoms with Crippen molar-refractivity contribution in [2.75, 3.05) is 19.6 Å². The predicted molar refractivity (Wildman–Crippen MR) is 84.6 cm³/mol. The topological polar surface area (TPSA) is 61.4 Å². The van der Waals surface area contributed by atoms with E-state index in [1.54, 1.807) is 17.1 Å². The highest BCUT2D eigenvalue weighted by molar-refractivity contribution is 7.89. The maximum atomic E-state index is 12.4. The Morgan fingerprint density at radius 3 is 2.57 bits per heavy atom. The van der Waals surface area contributed by atoms with Crippen LogP contribution in [0.15, 0.2) is 23.1 Å². The van der Waals surface area contributed by atoms with E-state index >= 15 is 0 Å². The predicted octanol–water partition coefficient (Wildman–Crippen LogP) is 2.13. The van der Waals surface area contributed by atoms with Gasteiger partial charge in [0.15, 0.2) is 0 Å². The summed E-state index contributed by atoms with van der Waals surface area (Å²) in [5, 5.41) is 5.40. The van der Waals surface area contributed by atoms with E-state index in [2.05, 4.69) is 10.1 Å². The summed E-state index contributed by atoms with van der Waals surface area (Å²) in [5.41, 5.74) is 0.899. The highest BCUT2D eigenvalue weighted by Gasteiger charge is 2.20. The van der Waals surface area contributed by atoms with Gasteiger partial charge < -0.3 is 5.32 Å². The summed E-state index contributed by atoms with van der Waals surface area (Å²) in [5.74, 6) is 0. The van der Waals surface area contributed by atoms with E-state index in [9.17, 15) is 8.42 Å². The molecule has 5 nitrogen and oxygen atoms in total. The van der Waals surface area contributed by atoms with Gasteiger partial charge in [0.1, 0.15) is 0 Å². The zero-order chi connectivity index (χ0) is 15.3. The second-order valence-corrected chi connectivity index (χ2v) is 7.24. The van der Waals surface area contributed by atoms with Crippen LogP contribution in [0.25, 0.3) is 0 Å². The molecule has 0 amide bonds. The number of sulfonamides is 1. The molecular weight excluding hydrogens is 310 g/mol. The molecule has 2 N–H and O–H groups in total. The van der Waals surface area contributed by atoms with E-state index in [0.717, 1.165) is 44.5 Å². The molecule has 0 unspecified atom stereocenters. The fourth-order valence-corrected chi connectivity index (χ4v) is 3.77. The molecule has 21 heavy (non-hydrogen) atoms. The highest BCUT2D eigenvalue weighted by Crippen LogP contribution is 2.21. The highest BCUT2D eigenvalue weighted by atomic mass is 35.5. The number of hydrazine groups is 1. The number of nitrogens with one attached hydrogen (secondary N) is 2. The number of halogens is 1. The molecule has 1 fully saturated rings. The maximum Gasteiger partial charge on any atom is 0.253 e. The van der Waals surface area contributed by atoms with Gasteiger partial charge in [-0.25, -0.2) is 13.4 Å². The first-order valence-electron chi connectivity index (χ1n) is 7.29. The second kappa shape index (κ2) is 7.56. The van der Waals surface area contributed by atoms with E-state index in [4.69, 9.17) is 11.6 Å². The number of benzene rings is 1. The van der Waals surface area contributed by atoms with Gasteiger partial charge in [-0.05, 0) is 37.1 Å². The molecule has 2 rings (SSSR count). The molecule has 118 valence electrons. The van der Waals surface area contributed by atoms with Crippen LogP contribution in [0.3, 0.4) is 0 Å². The summed E-state index contributed by atoms with van der Waals surface area (Å²) >= 11 is 6.17.